The fourth-order valence-corrected chi connectivity index (χ4v) is 6.04. The number of halogens is 5. The van der Waals surface area contributed by atoms with Gasteiger partial charge in [-0.15, -0.1) is 0 Å². The molecule has 1 N–H and O–H groups in total. The Morgan fingerprint density at radius 1 is 0.915 bits per heavy atom. The molecule has 0 aromatic heterocycles. The highest BCUT2D eigenvalue weighted by Gasteiger charge is 2.45. The molecule has 2 aliphatic rings. The van der Waals surface area contributed by atoms with Crippen LogP contribution in [-0.2, 0) is 11.0 Å². The average Bonchev–Trinajstić information content (AvgIpc) is 3.44. The van der Waals surface area contributed by atoms with Gasteiger partial charge in [0.05, 0.1) is 30.3 Å². The topological polar surface area (TPSA) is 77.5 Å². The predicted molar refractivity (Wildman–Crippen MR) is 176 cm³/mol. The number of carbonyl (C=O) groups is 2. The van der Waals surface area contributed by atoms with Crippen molar-refractivity contribution < 1.29 is 27.5 Å². The molecule has 1 fully saturated rings. The largest absolute Gasteiger partial charge is 0.493 e. The third-order valence-electron chi connectivity index (χ3n) is 8.13. The lowest BCUT2D eigenvalue weighted by Crippen LogP contribution is -2.55. The van der Waals surface area contributed by atoms with Crippen LogP contribution < -0.4 is 10.1 Å². The van der Waals surface area contributed by atoms with Crippen molar-refractivity contribution in [1.82, 2.24) is 20.0 Å². The number of hydrogen-bond acceptors (Lipinski definition) is 5. The molecule has 47 heavy (non-hydrogen) atoms. The van der Waals surface area contributed by atoms with Crippen LogP contribution in [0, 0.1) is 0 Å². The van der Waals surface area contributed by atoms with Crippen LogP contribution >= 0.6 is 23.2 Å². The van der Waals surface area contributed by atoms with E-state index >= 15 is 0 Å². The Balaban J connectivity index is 1.57. The van der Waals surface area contributed by atoms with Gasteiger partial charge in [-0.2, -0.15) is 13.2 Å². The third kappa shape index (κ3) is 8.02. The molecule has 2 atom stereocenters. The van der Waals surface area contributed by atoms with Crippen LogP contribution in [-0.4, -0.2) is 78.3 Å². The van der Waals surface area contributed by atoms with Crippen molar-refractivity contribution in [3.8, 4) is 5.75 Å². The monoisotopic (exact) mass is 689 g/mol. The van der Waals surface area contributed by atoms with E-state index in [0.29, 0.717) is 42.8 Å². The van der Waals surface area contributed by atoms with Crippen LogP contribution in [0.25, 0.3) is 0 Å². The smallest absolute Gasteiger partial charge is 0.416 e. The number of carbonyl (C=O) groups excluding carboxylic acids is 2. The SMILES string of the molecule is CCCNC(=O)CN1CCN(C(=O)N2C(c3ccc(C(F)(F)F)cc3OCC)=NC(c3ccc(Cl)cc3)C2c2ccc(Cl)cc2)CC1. The number of benzene rings is 3. The molecular weight excluding hydrogens is 654 g/mol. The molecule has 0 spiro atoms. The number of hydrogen-bond donors (Lipinski definition) is 1. The summed E-state index contributed by atoms with van der Waals surface area (Å²) in [6.07, 6.45) is -3.76. The minimum Gasteiger partial charge on any atom is -0.493 e. The van der Waals surface area contributed by atoms with Crippen molar-refractivity contribution in [2.75, 3.05) is 45.9 Å². The summed E-state index contributed by atoms with van der Waals surface area (Å²) in [5, 5.41) is 3.91. The zero-order chi connectivity index (χ0) is 33.7. The van der Waals surface area contributed by atoms with Crippen molar-refractivity contribution in [2.24, 2.45) is 4.99 Å². The van der Waals surface area contributed by atoms with E-state index in [-0.39, 0.29) is 42.2 Å². The zero-order valence-corrected chi connectivity index (χ0v) is 27.6. The first-order valence-corrected chi connectivity index (χ1v) is 16.3. The zero-order valence-electron chi connectivity index (χ0n) is 26.1. The van der Waals surface area contributed by atoms with E-state index in [0.717, 1.165) is 29.7 Å². The van der Waals surface area contributed by atoms with Crippen LogP contribution in [0.1, 0.15) is 54.6 Å². The van der Waals surface area contributed by atoms with Gasteiger partial charge in [0, 0.05) is 42.8 Å². The maximum absolute atomic E-state index is 14.6. The van der Waals surface area contributed by atoms with Crippen LogP contribution in [0.2, 0.25) is 10.0 Å². The number of rotatable bonds is 9. The summed E-state index contributed by atoms with van der Waals surface area (Å²) in [5.74, 6) is 0.0850. The van der Waals surface area contributed by atoms with Crippen molar-refractivity contribution in [3.05, 3.63) is 99.0 Å². The first kappa shape index (κ1) is 34.5. The predicted octanol–water partition coefficient (Wildman–Crippen LogP) is 7.22. The van der Waals surface area contributed by atoms with Gasteiger partial charge in [-0.05, 0) is 66.9 Å². The molecule has 0 bridgehead atoms. The lowest BCUT2D eigenvalue weighted by Gasteiger charge is -2.39. The molecule has 2 unspecified atom stereocenters. The molecule has 0 aliphatic carbocycles. The summed E-state index contributed by atoms with van der Waals surface area (Å²) >= 11 is 12.5. The van der Waals surface area contributed by atoms with Gasteiger partial charge < -0.3 is 15.0 Å². The second-order valence-electron chi connectivity index (χ2n) is 11.4. The van der Waals surface area contributed by atoms with Gasteiger partial charge in [0.2, 0.25) is 5.91 Å². The molecular formula is C34H36Cl2F3N5O3. The van der Waals surface area contributed by atoms with Crippen molar-refractivity contribution in [1.29, 1.82) is 0 Å². The first-order valence-electron chi connectivity index (χ1n) is 15.5. The molecule has 5 rings (SSSR count). The number of ether oxygens (including phenoxy) is 1. The second kappa shape index (κ2) is 15.0. The van der Waals surface area contributed by atoms with Gasteiger partial charge in [-0.1, -0.05) is 54.4 Å². The highest BCUT2D eigenvalue weighted by Crippen LogP contribution is 2.46. The summed E-state index contributed by atoms with van der Waals surface area (Å²) in [4.78, 5) is 37.2. The van der Waals surface area contributed by atoms with Crippen molar-refractivity contribution in [3.63, 3.8) is 0 Å². The number of amidine groups is 1. The average molecular weight is 691 g/mol. The van der Waals surface area contributed by atoms with E-state index in [2.05, 4.69) is 5.32 Å². The summed E-state index contributed by atoms with van der Waals surface area (Å²) in [6, 6.07) is 15.7. The second-order valence-corrected chi connectivity index (χ2v) is 12.2. The normalized spacial score (nSPS) is 18.7. The number of amides is 3. The van der Waals surface area contributed by atoms with Crippen LogP contribution in [0.4, 0.5) is 18.0 Å². The summed E-state index contributed by atoms with van der Waals surface area (Å²) in [7, 11) is 0. The summed E-state index contributed by atoms with van der Waals surface area (Å²) in [6.45, 7) is 6.23. The fourth-order valence-electron chi connectivity index (χ4n) is 5.79. The number of nitrogens with zero attached hydrogens (tertiary/aromatic N) is 4. The van der Waals surface area contributed by atoms with Gasteiger partial charge in [-0.3, -0.25) is 19.6 Å². The molecule has 0 saturated carbocycles. The number of urea groups is 1. The Hall–Kier alpha value is -3.80. The van der Waals surface area contributed by atoms with E-state index in [9.17, 15) is 22.8 Å². The lowest BCUT2D eigenvalue weighted by molar-refractivity contribution is -0.137. The van der Waals surface area contributed by atoms with Crippen molar-refractivity contribution >= 4 is 41.0 Å². The molecule has 13 heteroatoms. The Kier molecular flexibility index (Phi) is 11.0. The molecule has 8 nitrogen and oxygen atoms in total. The summed E-state index contributed by atoms with van der Waals surface area (Å²) < 4.78 is 47.0. The lowest BCUT2D eigenvalue weighted by atomic mass is 9.93. The molecule has 3 aromatic rings. The molecule has 2 aliphatic heterocycles. The highest BCUT2D eigenvalue weighted by atomic mass is 35.5. The number of aliphatic imine (C=N–C) groups is 1. The van der Waals surface area contributed by atoms with E-state index in [1.54, 1.807) is 41.0 Å². The maximum Gasteiger partial charge on any atom is 0.416 e. The molecule has 3 aromatic carbocycles. The third-order valence-corrected chi connectivity index (χ3v) is 8.63. The number of alkyl halides is 3. The van der Waals surface area contributed by atoms with Crippen LogP contribution in [0.5, 0.6) is 5.75 Å². The fraction of sp³-hybridized carbons (Fsp3) is 0.382. The molecule has 0 radical (unpaired) electrons. The Labute approximate surface area is 282 Å². The van der Waals surface area contributed by atoms with Crippen molar-refractivity contribution in [2.45, 2.75) is 38.5 Å². The van der Waals surface area contributed by atoms with Crippen LogP contribution in [0.15, 0.2) is 71.7 Å². The Bertz CT molecular complexity index is 1590. The first-order chi connectivity index (χ1) is 22.5. The van der Waals surface area contributed by atoms with E-state index in [1.807, 2.05) is 36.1 Å². The quantitative estimate of drug-likeness (QED) is 0.257. The molecule has 2 heterocycles. The van der Waals surface area contributed by atoms with Gasteiger partial charge in [0.15, 0.2) is 0 Å². The Morgan fingerprint density at radius 3 is 2.11 bits per heavy atom. The van der Waals surface area contributed by atoms with E-state index in [4.69, 9.17) is 32.9 Å². The van der Waals surface area contributed by atoms with E-state index in [1.165, 1.54) is 6.07 Å². The van der Waals surface area contributed by atoms with Gasteiger partial charge >= 0.3 is 12.2 Å². The molecule has 1 saturated heterocycles. The Morgan fingerprint density at radius 2 is 1.53 bits per heavy atom. The molecule has 250 valence electrons. The molecule has 3 amide bonds. The standard InChI is InChI=1S/C34H36Cl2F3N5O3/c1-3-15-40-29(45)21-42-16-18-43(19-17-42)33(46)44-31(23-7-12-26(36)13-8-23)30(22-5-10-25(35)11-6-22)41-32(44)27-14-9-24(34(37,38)39)20-28(27)47-4-2/h5-14,20,30-31H,3-4,15-19,21H2,1-2H3,(H,40,45). The minimum atomic E-state index is -4.60. The van der Waals surface area contributed by atoms with Gasteiger partial charge in [-0.25, -0.2) is 4.79 Å². The maximum atomic E-state index is 14.6. The number of piperazine rings is 1. The van der Waals surface area contributed by atoms with Crippen LogP contribution in [0.3, 0.4) is 0 Å². The minimum absolute atomic E-state index is 0.0339. The van der Waals surface area contributed by atoms with Gasteiger partial charge in [0.1, 0.15) is 17.6 Å². The highest BCUT2D eigenvalue weighted by molar-refractivity contribution is 6.30. The van der Waals surface area contributed by atoms with E-state index < -0.39 is 23.8 Å². The summed E-state index contributed by atoms with van der Waals surface area (Å²) in [5.41, 5.74) is 0.881. The van der Waals surface area contributed by atoms with Gasteiger partial charge in [0.25, 0.3) is 0 Å². The number of nitrogens with one attached hydrogen (secondary N) is 1.